The van der Waals surface area contributed by atoms with Crippen molar-refractivity contribution in [2.24, 2.45) is 0 Å². The van der Waals surface area contributed by atoms with E-state index in [-0.39, 0.29) is 65.9 Å². The van der Waals surface area contributed by atoms with E-state index in [1.165, 1.54) is 37.8 Å². The molecule has 6 aromatic rings. The van der Waals surface area contributed by atoms with Gasteiger partial charge < -0.3 is 24.2 Å². The van der Waals surface area contributed by atoms with Crippen LogP contribution in [0.5, 0.6) is 0 Å². The van der Waals surface area contributed by atoms with Gasteiger partial charge in [0, 0.05) is 72.5 Å². The summed E-state index contributed by atoms with van der Waals surface area (Å²) in [7, 11) is -0.477. The van der Waals surface area contributed by atoms with Gasteiger partial charge in [-0.3, -0.25) is 14.4 Å². The Morgan fingerprint density at radius 2 is 0.870 bits per heavy atom. The number of benzene rings is 6. The van der Waals surface area contributed by atoms with Crippen molar-refractivity contribution in [1.82, 2.24) is 14.7 Å². The third-order valence-corrected chi connectivity index (χ3v) is 19.9. The number of hydrogen-bond donors (Lipinski definition) is 0. The van der Waals surface area contributed by atoms with E-state index in [1.54, 1.807) is 90.5 Å². The molecule has 0 aliphatic carbocycles. The van der Waals surface area contributed by atoms with Crippen molar-refractivity contribution in [2.75, 3.05) is 45.7 Å². The van der Waals surface area contributed by atoms with Crippen LogP contribution in [0.1, 0.15) is 89.0 Å². The highest BCUT2D eigenvalue weighted by Crippen LogP contribution is 2.39. The molecule has 408 valence electrons. The molecule has 0 aromatic heterocycles. The summed E-state index contributed by atoms with van der Waals surface area (Å²) in [4.78, 5) is 45.8. The van der Waals surface area contributed by atoms with E-state index in [0.29, 0.717) is 72.3 Å². The van der Waals surface area contributed by atoms with Crippen LogP contribution >= 0.6 is 104 Å². The van der Waals surface area contributed by atoms with E-state index in [0.717, 1.165) is 30.5 Å². The molecule has 3 heterocycles. The number of thioether (sulfide) groups is 1. The van der Waals surface area contributed by atoms with Crippen LogP contribution in [0.15, 0.2) is 119 Å². The summed E-state index contributed by atoms with van der Waals surface area (Å²) < 4.78 is 36.3. The summed E-state index contributed by atoms with van der Waals surface area (Å²) in [5.41, 5.74) is 8.73. The maximum absolute atomic E-state index is 12.9. The number of fused-ring (bicyclic) bond motifs is 3. The fourth-order valence-electron chi connectivity index (χ4n) is 10.1. The van der Waals surface area contributed by atoms with Gasteiger partial charge in [0.2, 0.25) is 27.6 Å². The number of nitrogens with zero attached hydrogens (tertiary/aromatic N) is 3. The fraction of sp³-hybridized carbons (Fsp3) is 0.328. The van der Waals surface area contributed by atoms with Gasteiger partial charge in [0.15, 0.2) is 5.94 Å². The Balaban J connectivity index is 0.000000169. The van der Waals surface area contributed by atoms with E-state index < -0.39 is 9.84 Å². The van der Waals surface area contributed by atoms with Crippen LogP contribution in [0.3, 0.4) is 0 Å². The first-order valence-electron chi connectivity index (χ1n) is 24.8. The van der Waals surface area contributed by atoms with Crippen LogP contribution in [0.4, 0.5) is 0 Å². The van der Waals surface area contributed by atoms with E-state index in [1.807, 2.05) is 28.9 Å². The van der Waals surface area contributed by atoms with E-state index in [9.17, 15) is 22.8 Å². The highest BCUT2D eigenvalue weighted by atomic mass is 127. The summed E-state index contributed by atoms with van der Waals surface area (Å²) >= 11 is 41.3. The van der Waals surface area contributed by atoms with Gasteiger partial charge in [-0.1, -0.05) is 136 Å². The Bertz CT molecular complexity index is 3200. The van der Waals surface area contributed by atoms with Crippen LogP contribution in [-0.4, -0.2) is 86.6 Å². The third kappa shape index (κ3) is 14.5. The standard InChI is InChI=1S/C20H21Cl2NO4S.C20H21Cl2NO2S.C18H16Cl2INO/c1-13-14-5-3-8-19(28(25,26)12-27-2)15(14)9-10-23(13)20(24)11-16-17(21)6-4-7-18(16)22;1-13-14-5-3-8-19(26-12-25-2)15(14)9-10-23(13)20(24)11-16-17(21)6-4-7-18(16)22;1-11-12-4-2-7-17(21)13(12)8-9-22(11)18(23)10-14-15(19)5-3-6-16(14)20/h3-8,13H,9-12H2,1-2H3;3-8,13H,9-12H2,1-2H3;2-7,11H,8-10H2,1H3/t2*13-;11-/m000/s1. The Hall–Kier alpha value is -3.58. The van der Waals surface area contributed by atoms with Crippen molar-refractivity contribution < 1.29 is 32.3 Å². The first-order chi connectivity index (χ1) is 36.8. The van der Waals surface area contributed by atoms with Crippen LogP contribution in [0.25, 0.3) is 0 Å². The summed E-state index contributed by atoms with van der Waals surface area (Å²) in [5, 5.41) is 3.08. The van der Waals surface area contributed by atoms with E-state index in [4.69, 9.17) is 79.1 Å². The number of carbonyl (C=O) groups is 3. The van der Waals surface area contributed by atoms with Gasteiger partial charge in [-0.05, 0) is 167 Å². The van der Waals surface area contributed by atoms with Crippen LogP contribution in [0.2, 0.25) is 30.1 Å². The zero-order valence-corrected chi connectivity index (χ0v) is 51.4. The van der Waals surface area contributed by atoms with Gasteiger partial charge >= 0.3 is 0 Å². The molecule has 0 radical (unpaired) electrons. The Morgan fingerprint density at radius 1 is 0.519 bits per heavy atom. The molecule has 6 aromatic carbocycles. The Kier molecular flexibility index (Phi) is 22.0. The first-order valence-corrected chi connectivity index (χ1v) is 30.8. The second-order valence-electron chi connectivity index (χ2n) is 18.7. The normalized spacial score (nSPS) is 16.7. The van der Waals surface area contributed by atoms with Crippen molar-refractivity contribution in [2.45, 2.75) is 87.2 Å². The van der Waals surface area contributed by atoms with Crippen molar-refractivity contribution in [1.29, 1.82) is 0 Å². The smallest absolute Gasteiger partial charge is 0.227 e. The number of hydrogen-bond acceptors (Lipinski definition) is 8. The molecule has 0 fully saturated rings. The van der Waals surface area contributed by atoms with Gasteiger partial charge in [0.1, 0.15) is 0 Å². The average Bonchev–Trinajstić information content (AvgIpc) is 3.41. The lowest BCUT2D eigenvalue weighted by molar-refractivity contribution is -0.133. The Morgan fingerprint density at radius 3 is 1.29 bits per heavy atom. The Labute approximate surface area is 500 Å². The molecule has 3 aliphatic heterocycles. The largest absolute Gasteiger partial charge is 0.374 e. The van der Waals surface area contributed by atoms with Crippen molar-refractivity contribution >= 4 is 132 Å². The minimum Gasteiger partial charge on any atom is -0.374 e. The number of halogens is 7. The van der Waals surface area contributed by atoms with Crippen molar-refractivity contribution in [3.63, 3.8) is 0 Å². The SMILES string of the molecule is COCS(=O)(=O)c1cccc2c1CCN(C(=O)Cc1c(Cl)cccc1Cl)[C@H]2C.COCSc1cccc2c1CCN(C(=O)Cc1c(Cl)cccc1Cl)[C@H]2C.C[C@H]1c2cccc(I)c2CCN1C(=O)Cc1c(Cl)cccc1Cl. The van der Waals surface area contributed by atoms with Gasteiger partial charge in [-0.15, -0.1) is 0 Å². The summed E-state index contributed by atoms with van der Waals surface area (Å²) in [5.74, 6) is 0.271. The maximum atomic E-state index is 12.9. The molecule has 10 nitrogen and oxygen atoms in total. The number of amides is 3. The molecule has 19 heteroatoms. The van der Waals surface area contributed by atoms with E-state index >= 15 is 0 Å². The third-order valence-electron chi connectivity index (χ3n) is 14.1. The lowest BCUT2D eigenvalue weighted by Gasteiger charge is -2.36. The lowest BCUT2D eigenvalue weighted by Crippen LogP contribution is -2.40. The number of methoxy groups -OCH3 is 2. The summed E-state index contributed by atoms with van der Waals surface area (Å²) in [6.07, 6.45) is 2.74. The summed E-state index contributed by atoms with van der Waals surface area (Å²) in [6.45, 7) is 7.91. The number of rotatable bonds is 12. The van der Waals surface area contributed by atoms with Crippen LogP contribution < -0.4 is 0 Å². The number of sulfone groups is 1. The zero-order valence-electron chi connectivity index (χ0n) is 43.1. The quantitative estimate of drug-likeness (QED) is 0.0676. The first kappa shape index (κ1) is 61.0. The number of carbonyl (C=O) groups excluding carboxylic acids is 3. The predicted octanol–water partition coefficient (Wildman–Crippen LogP) is 14.7. The molecule has 9 rings (SSSR count). The molecule has 3 atom stereocenters. The minimum absolute atomic E-state index is 0.0237. The molecule has 0 unspecified atom stereocenters. The predicted molar refractivity (Wildman–Crippen MR) is 321 cm³/mol. The van der Waals surface area contributed by atoms with E-state index in [2.05, 4.69) is 66.8 Å². The minimum atomic E-state index is -3.53. The zero-order chi connectivity index (χ0) is 55.7. The second-order valence-corrected chi connectivity index (χ2v) is 25.2. The van der Waals surface area contributed by atoms with Crippen molar-refractivity contribution in [3.8, 4) is 0 Å². The lowest BCUT2D eigenvalue weighted by atomic mass is 9.93. The second kappa shape index (κ2) is 27.7. The molecular weight excluding hydrogens is 1250 g/mol. The molecule has 0 bridgehead atoms. The summed E-state index contributed by atoms with van der Waals surface area (Å²) in [6, 6.07) is 33.4. The molecule has 0 saturated carbocycles. The van der Waals surface area contributed by atoms with Crippen molar-refractivity contribution in [3.05, 3.63) is 193 Å². The van der Waals surface area contributed by atoms with Gasteiger partial charge in [0.05, 0.1) is 48.2 Å². The molecule has 3 aliphatic rings. The number of ether oxygens (including phenoxy) is 2. The molecule has 77 heavy (non-hydrogen) atoms. The molecule has 3 amide bonds. The highest BCUT2D eigenvalue weighted by molar-refractivity contribution is 14.1. The molecule has 0 saturated heterocycles. The van der Waals surface area contributed by atoms with Gasteiger partial charge in [-0.2, -0.15) is 0 Å². The highest BCUT2D eigenvalue weighted by Gasteiger charge is 2.34. The molecule has 0 N–H and O–H groups in total. The molecule has 0 spiro atoms. The van der Waals surface area contributed by atoms with Crippen LogP contribution in [0, 0.1) is 3.57 Å². The average molecular weight is 1310 g/mol. The monoisotopic (exact) mass is 1310 g/mol. The molecular formula is C58H58Cl6IN3O7S2. The fourth-order valence-corrected chi connectivity index (χ4v) is 14.7. The van der Waals surface area contributed by atoms with Gasteiger partial charge in [-0.25, -0.2) is 8.42 Å². The maximum Gasteiger partial charge on any atom is 0.227 e. The van der Waals surface area contributed by atoms with Gasteiger partial charge in [0.25, 0.3) is 0 Å². The van der Waals surface area contributed by atoms with Crippen LogP contribution in [-0.2, 0) is 72.2 Å². The topological polar surface area (TPSA) is 114 Å².